The molecular formula is C20H34Na. The minimum atomic E-state index is 0. The summed E-state index contributed by atoms with van der Waals surface area (Å²) >= 11 is 0. The van der Waals surface area contributed by atoms with E-state index >= 15 is 0 Å². The van der Waals surface area contributed by atoms with Crippen molar-refractivity contribution in [3.63, 3.8) is 0 Å². The van der Waals surface area contributed by atoms with Gasteiger partial charge in [-0.05, 0) is 43.4 Å². The summed E-state index contributed by atoms with van der Waals surface area (Å²) in [6.07, 6.45) is 15.5. The Labute approximate surface area is 155 Å². The maximum Gasteiger partial charge on any atom is 0 e. The maximum atomic E-state index is 2.30. The molecule has 0 amide bonds. The van der Waals surface area contributed by atoms with Crippen molar-refractivity contribution in [1.82, 2.24) is 0 Å². The standard InChI is InChI=1S/C20H34.Na/c1-4-5-6-7-8-9-10-11-12-13-16-20-17-14-15-18(2)19(20)3;/h14-15,17H,4-13,16H2,1-3H3;. The number of unbranched alkanes of at least 4 members (excludes halogenated alkanes) is 9. The largest absolute Gasteiger partial charge is 0.0654 e. The van der Waals surface area contributed by atoms with Gasteiger partial charge in [-0.2, -0.15) is 0 Å². The normalized spacial score (nSPS) is 10.4. The number of benzene rings is 1. The van der Waals surface area contributed by atoms with Gasteiger partial charge < -0.3 is 0 Å². The topological polar surface area (TPSA) is 0 Å². The molecule has 0 aliphatic carbocycles. The fraction of sp³-hybridized carbons (Fsp3) is 0.700. The third kappa shape index (κ3) is 9.76. The van der Waals surface area contributed by atoms with Crippen LogP contribution in [0, 0.1) is 13.8 Å². The van der Waals surface area contributed by atoms with Gasteiger partial charge in [0.05, 0.1) is 0 Å². The van der Waals surface area contributed by atoms with Gasteiger partial charge in [-0.3, -0.25) is 0 Å². The van der Waals surface area contributed by atoms with Gasteiger partial charge in [0.15, 0.2) is 0 Å². The van der Waals surface area contributed by atoms with Crippen molar-refractivity contribution >= 4 is 29.6 Å². The fourth-order valence-corrected chi connectivity index (χ4v) is 2.89. The summed E-state index contributed by atoms with van der Waals surface area (Å²) in [5, 5.41) is 0. The maximum absolute atomic E-state index is 2.30. The minimum absolute atomic E-state index is 0. The van der Waals surface area contributed by atoms with E-state index < -0.39 is 0 Å². The van der Waals surface area contributed by atoms with Gasteiger partial charge in [-0.25, -0.2) is 0 Å². The molecule has 0 nitrogen and oxygen atoms in total. The van der Waals surface area contributed by atoms with Crippen LogP contribution < -0.4 is 0 Å². The van der Waals surface area contributed by atoms with Crippen molar-refractivity contribution in [2.75, 3.05) is 0 Å². The van der Waals surface area contributed by atoms with Crippen LogP contribution in [0.15, 0.2) is 18.2 Å². The van der Waals surface area contributed by atoms with Crippen molar-refractivity contribution in [3.8, 4) is 0 Å². The molecular weight excluding hydrogens is 263 g/mol. The predicted molar refractivity (Wildman–Crippen MR) is 97.2 cm³/mol. The first-order chi connectivity index (χ1) is 9.75. The van der Waals surface area contributed by atoms with E-state index in [1.807, 2.05) is 0 Å². The molecule has 1 heteroatoms. The molecule has 1 radical (unpaired) electrons. The number of hydrogen-bond donors (Lipinski definition) is 0. The van der Waals surface area contributed by atoms with Crippen LogP contribution in [0.3, 0.4) is 0 Å². The van der Waals surface area contributed by atoms with Crippen molar-refractivity contribution in [2.45, 2.75) is 91.4 Å². The van der Waals surface area contributed by atoms with E-state index in [-0.39, 0.29) is 29.6 Å². The molecule has 0 saturated heterocycles. The van der Waals surface area contributed by atoms with E-state index in [0.717, 1.165) is 0 Å². The second kappa shape index (κ2) is 13.9. The van der Waals surface area contributed by atoms with Gasteiger partial charge in [0, 0.05) is 29.6 Å². The first kappa shape index (κ1) is 21.2. The average molecular weight is 297 g/mol. The SMILES string of the molecule is CCCCCCCCCCCCc1cccc(C)c1C.[Na]. The van der Waals surface area contributed by atoms with E-state index in [2.05, 4.69) is 39.0 Å². The number of rotatable bonds is 11. The number of aryl methyl sites for hydroxylation is 2. The van der Waals surface area contributed by atoms with Crippen LogP contribution in [0.2, 0.25) is 0 Å². The second-order valence-electron chi connectivity index (χ2n) is 6.29. The van der Waals surface area contributed by atoms with Crippen molar-refractivity contribution < 1.29 is 0 Å². The number of hydrogen-bond acceptors (Lipinski definition) is 0. The Morgan fingerprint density at radius 2 is 1.24 bits per heavy atom. The van der Waals surface area contributed by atoms with Crippen molar-refractivity contribution in [2.24, 2.45) is 0 Å². The average Bonchev–Trinajstić information content (AvgIpc) is 2.45. The Morgan fingerprint density at radius 1 is 0.714 bits per heavy atom. The summed E-state index contributed by atoms with van der Waals surface area (Å²) in [4.78, 5) is 0. The molecule has 0 N–H and O–H groups in total. The summed E-state index contributed by atoms with van der Waals surface area (Å²) in [7, 11) is 0. The van der Waals surface area contributed by atoms with Crippen LogP contribution in [-0.2, 0) is 6.42 Å². The van der Waals surface area contributed by atoms with E-state index in [1.165, 1.54) is 81.8 Å². The molecule has 115 valence electrons. The van der Waals surface area contributed by atoms with Crippen LogP contribution in [0.25, 0.3) is 0 Å². The van der Waals surface area contributed by atoms with Crippen LogP contribution in [0.4, 0.5) is 0 Å². The molecule has 0 saturated carbocycles. The molecule has 0 heterocycles. The quantitative estimate of drug-likeness (QED) is 0.328. The third-order valence-electron chi connectivity index (χ3n) is 4.52. The second-order valence-corrected chi connectivity index (χ2v) is 6.29. The van der Waals surface area contributed by atoms with E-state index in [1.54, 1.807) is 5.56 Å². The van der Waals surface area contributed by atoms with Crippen LogP contribution in [-0.4, -0.2) is 29.6 Å². The van der Waals surface area contributed by atoms with E-state index in [0.29, 0.717) is 0 Å². The molecule has 21 heavy (non-hydrogen) atoms. The zero-order chi connectivity index (χ0) is 14.6. The Morgan fingerprint density at radius 3 is 1.81 bits per heavy atom. The molecule has 1 aromatic carbocycles. The van der Waals surface area contributed by atoms with Crippen molar-refractivity contribution in [1.29, 1.82) is 0 Å². The van der Waals surface area contributed by atoms with Crippen LogP contribution in [0.5, 0.6) is 0 Å². The molecule has 0 fully saturated rings. The van der Waals surface area contributed by atoms with Gasteiger partial charge in [0.1, 0.15) is 0 Å². The molecule has 0 aliphatic heterocycles. The molecule has 0 atom stereocenters. The Kier molecular flexibility index (Phi) is 14.0. The van der Waals surface area contributed by atoms with Crippen LogP contribution >= 0.6 is 0 Å². The summed E-state index contributed by atoms with van der Waals surface area (Å²) in [5.74, 6) is 0. The van der Waals surface area contributed by atoms with Gasteiger partial charge >= 0.3 is 0 Å². The van der Waals surface area contributed by atoms with Gasteiger partial charge in [-0.1, -0.05) is 82.9 Å². The molecule has 0 aliphatic rings. The summed E-state index contributed by atoms with van der Waals surface area (Å²) in [6.45, 7) is 6.77. The van der Waals surface area contributed by atoms with Gasteiger partial charge in [-0.15, -0.1) is 0 Å². The molecule has 1 rings (SSSR count). The monoisotopic (exact) mass is 297 g/mol. The first-order valence-electron chi connectivity index (χ1n) is 8.80. The predicted octanol–water partition coefficient (Wildman–Crippen LogP) is 6.39. The summed E-state index contributed by atoms with van der Waals surface area (Å²) in [5.41, 5.74) is 4.50. The first-order valence-corrected chi connectivity index (χ1v) is 8.80. The Bertz CT molecular complexity index is 357. The summed E-state index contributed by atoms with van der Waals surface area (Å²) in [6, 6.07) is 6.72. The fourth-order valence-electron chi connectivity index (χ4n) is 2.89. The van der Waals surface area contributed by atoms with Gasteiger partial charge in [0.2, 0.25) is 0 Å². The zero-order valence-corrected chi connectivity index (χ0v) is 17.0. The Balaban J connectivity index is 0.00000400. The van der Waals surface area contributed by atoms with E-state index in [4.69, 9.17) is 0 Å². The molecule has 0 spiro atoms. The van der Waals surface area contributed by atoms with Crippen molar-refractivity contribution in [3.05, 3.63) is 34.9 Å². The Hall–Kier alpha value is 0.220. The smallest absolute Gasteiger partial charge is 0 e. The molecule has 0 bridgehead atoms. The summed E-state index contributed by atoms with van der Waals surface area (Å²) < 4.78 is 0. The molecule has 0 unspecified atom stereocenters. The molecule has 0 aromatic heterocycles. The molecule has 1 aromatic rings. The minimum Gasteiger partial charge on any atom is -0.0654 e. The zero-order valence-electron chi connectivity index (χ0n) is 15.0. The van der Waals surface area contributed by atoms with Crippen LogP contribution in [0.1, 0.15) is 87.8 Å². The van der Waals surface area contributed by atoms with Gasteiger partial charge in [0.25, 0.3) is 0 Å². The van der Waals surface area contributed by atoms with E-state index in [9.17, 15) is 0 Å². The third-order valence-corrected chi connectivity index (χ3v) is 4.52.